The highest BCUT2D eigenvalue weighted by atomic mass is 35.5. The second-order valence-electron chi connectivity index (χ2n) is 6.85. The Kier molecular flexibility index (Phi) is 6.29. The van der Waals surface area contributed by atoms with Crippen LogP contribution in [-0.2, 0) is 17.8 Å². The molecule has 2 N–H and O–H groups in total. The number of benzene rings is 2. The maximum absolute atomic E-state index is 12.7. The van der Waals surface area contributed by atoms with Crippen LogP contribution in [0.4, 0.5) is 0 Å². The minimum absolute atomic E-state index is 0.0139. The molecule has 4 rings (SSSR count). The fraction of sp³-hybridized carbons (Fsp3) is 0.136. The number of halogens is 1. The van der Waals surface area contributed by atoms with Crippen molar-refractivity contribution in [2.75, 3.05) is 0 Å². The summed E-state index contributed by atoms with van der Waals surface area (Å²) in [5.74, 6) is -1.05. The zero-order valence-corrected chi connectivity index (χ0v) is 18.5. The number of hydrogen-bond donors (Lipinski definition) is 2. The molecular weight excluding hydrogens is 450 g/mol. The molecule has 0 aliphatic carbocycles. The van der Waals surface area contributed by atoms with Crippen LogP contribution in [0.15, 0.2) is 58.7 Å². The van der Waals surface area contributed by atoms with Crippen LogP contribution in [0.25, 0.3) is 21.3 Å². The first kappa shape index (κ1) is 21.7. The molecule has 0 atom stereocenters. The molecule has 0 aliphatic heterocycles. The number of nitrogens with one attached hydrogen (secondary N) is 2. The third-order valence-electron chi connectivity index (χ3n) is 4.66. The molecule has 8 nitrogen and oxygen atoms in total. The van der Waals surface area contributed by atoms with Crippen molar-refractivity contribution in [3.63, 3.8) is 0 Å². The number of aromatic nitrogens is 3. The fourth-order valence-electron chi connectivity index (χ4n) is 3.15. The lowest BCUT2D eigenvalue weighted by molar-refractivity contribution is -0.121. The summed E-state index contributed by atoms with van der Waals surface area (Å²) in [5.41, 5.74) is 5.97. The van der Waals surface area contributed by atoms with Crippen molar-refractivity contribution in [3.05, 3.63) is 80.7 Å². The molecule has 2 aromatic carbocycles. The molecule has 0 unspecified atom stereocenters. The van der Waals surface area contributed by atoms with Gasteiger partial charge >= 0.3 is 0 Å². The second kappa shape index (κ2) is 9.29. The monoisotopic (exact) mass is 467 g/mol. The first-order valence-electron chi connectivity index (χ1n) is 9.75. The number of nitrogens with zero attached hydrogens (tertiary/aromatic N) is 3. The SMILES string of the molecule is CCn1nc(C(=O)NNC(=O)Cc2csc(-c3cccc(Cl)c3)n2)c2ccccc2c1=O. The molecule has 2 aromatic heterocycles. The molecule has 10 heteroatoms. The Bertz CT molecular complexity index is 1380. The van der Waals surface area contributed by atoms with Gasteiger partial charge in [-0.1, -0.05) is 41.9 Å². The van der Waals surface area contributed by atoms with E-state index in [1.165, 1.54) is 16.0 Å². The van der Waals surface area contributed by atoms with Crippen molar-refractivity contribution in [1.82, 2.24) is 25.6 Å². The molecule has 0 saturated heterocycles. The Morgan fingerprint density at radius 3 is 2.62 bits per heavy atom. The number of aryl methyl sites for hydroxylation is 1. The molecule has 2 heterocycles. The van der Waals surface area contributed by atoms with Crippen molar-refractivity contribution in [2.24, 2.45) is 0 Å². The van der Waals surface area contributed by atoms with E-state index in [4.69, 9.17) is 11.6 Å². The molecule has 0 saturated carbocycles. The number of thiazole rings is 1. The van der Waals surface area contributed by atoms with Crippen molar-refractivity contribution < 1.29 is 9.59 Å². The quantitative estimate of drug-likeness (QED) is 0.438. The number of fused-ring (bicyclic) bond motifs is 1. The molecule has 0 aliphatic rings. The maximum atomic E-state index is 12.7. The van der Waals surface area contributed by atoms with E-state index >= 15 is 0 Å². The lowest BCUT2D eigenvalue weighted by atomic mass is 10.1. The standard InChI is InChI=1S/C22H18ClN5O3S/c1-2-28-22(31)17-9-4-3-8-16(17)19(27-28)20(30)26-25-18(29)11-15-12-32-21(24-15)13-6-5-7-14(23)10-13/h3-10,12H,2,11H2,1H3,(H,25,29)(H,26,30). The second-order valence-corrected chi connectivity index (χ2v) is 8.14. The highest BCUT2D eigenvalue weighted by Crippen LogP contribution is 2.26. The summed E-state index contributed by atoms with van der Waals surface area (Å²) in [6.45, 7) is 2.08. The molecule has 0 radical (unpaired) electrons. The van der Waals surface area contributed by atoms with Crippen LogP contribution < -0.4 is 16.4 Å². The molecule has 32 heavy (non-hydrogen) atoms. The Labute approximate surface area is 191 Å². The average Bonchev–Trinajstić information content (AvgIpc) is 3.26. The zero-order chi connectivity index (χ0) is 22.7. The Hall–Kier alpha value is -3.56. The number of hydrazine groups is 1. The highest BCUT2D eigenvalue weighted by Gasteiger charge is 2.17. The molecule has 0 bridgehead atoms. The predicted octanol–water partition coefficient (Wildman–Crippen LogP) is 3.20. The van der Waals surface area contributed by atoms with E-state index in [9.17, 15) is 14.4 Å². The Morgan fingerprint density at radius 2 is 1.88 bits per heavy atom. The van der Waals surface area contributed by atoms with Crippen LogP contribution in [0.5, 0.6) is 0 Å². The van der Waals surface area contributed by atoms with E-state index in [-0.39, 0.29) is 17.7 Å². The van der Waals surface area contributed by atoms with E-state index in [1.54, 1.807) is 48.7 Å². The molecule has 0 spiro atoms. The zero-order valence-electron chi connectivity index (χ0n) is 17.0. The van der Waals surface area contributed by atoms with Crippen LogP contribution in [0.3, 0.4) is 0 Å². The van der Waals surface area contributed by atoms with E-state index in [2.05, 4.69) is 20.9 Å². The van der Waals surface area contributed by atoms with E-state index in [0.29, 0.717) is 28.0 Å². The van der Waals surface area contributed by atoms with Gasteiger partial charge < -0.3 is 0 Å². The summed E-state index contributed by atoms with van der Waals surface area (Å²) in [4.78, 5) is 41.9. The van der Waals surface area contributed by atoms with Crippen LogP contribution in [-0.4, -0.2) is 26.6 Å². The van der Waals surface area contributed by atoms with Crippen molar-refractivity contribution >= 4 is 45.5 Å². The van der Waals surface area contributed by atoms with Gasteiger partial charge in [0.05, 0.1) is 17.5 Å². The number of amides is 2. The minimum atomic E-state index is -0.616. The first-order chi connectivity index (χ1) is 15.5. The van der Waals surface area contributed by atoms with Gasteiger partial charge in [-0.25, -0.2) is 9.67 Å². The van der Waals surface area contributed by atoms with Crippen LogP contribution in [0.1, 0.15) is 23.1 Å². The smallest absolute Gasteiger partial charge is 0.273 e. The van der Waals surface area contributed by atoms with Crippen LogP contribution in [0.2, 0.25) is 5.02 Å². The Morgan fingerprint density at radius 1 is 1.09 bits per heavy atom. The minimum Gasteiger partial charge on any atom is -0.273 e. The fourth-order valence-corrected chi connectivity index (χ4v) is 4.16. The van der Waals surface area contributed by atoms with Gasteiger partial charge in [0.25, 0.3) is 11.5 Å². The third-order valence-corrected chi connectivity index (χ3v) is 5.84. The maximum Gasteiger partial charge on any atom is 0.290 e. The Balaban J connectivity index is 1.45. The normalized spacial score (nSPS) is 10.8. The van der Waals surface area contributed by atoms with Crippen LogP contribution >= 0.6 is 22.9 Å². The topological polar surface area (TPSA) is 106 Å². The average molecular weight is 468 g/mol. The van der Waals surface area contributed by atoms with Gasteiger partial charge in [0.15, 0.2) is 5.69 Å². The molecular formula is C22H18ClN5O3S. The molecule has 0 fully saturated rings. The van der Waals surface area contributed by atoms with E-state index in [1.807, 2.05) is 12.1 Å². The van der Waals surface area contributed by atoms with Gasteiger partial charge in [0.2, 0.25) is 5.91 Å². The number of carbonyl (C=O) groups excluding carboxylic acids is 2. The van der Waals surface area contributed by atoms with Crippen molar-refractivity contribution in [2.45, 2.75) is 19.9 Å². The first-order valence-corrected chi connectivity index (χ1v) is 11.0. The van der Waals surface area contributed by atoms with Gasteiger partial charge in [0, 0.05) is 27.9 Å². The van der Waals surface area contributed by atoms with Gasteiger partial charge in [-0.2, -0.15) is 5.10 Å². The van der Waals surface area contributed by atoms with Crippen molar-refractivity contribution in [1.29, 1.82) is 0 Å². The highest BCUT2D eigenvalue weighted by molar-refractivity contribution is 7.13. The van der Waals surface area contributed by atoms with E-state index in [0.717, 1.165) is 10.6 Å². The third kappa shape index (κ3) is 4.53. The van der Waals surface area contributed by atoms with Crippen LogP contribution in [0, 0.1) is 0 Å². The molecule has 4 aromatic rings. The summed E-state index contributed by atoms with van der Waals surface area (Å²) in [5, 5.41) is 8.08. The van der Waals surface area contributed by atoms with Crippen molar-refractivity contribution in [3.8, 4) is 10.6 Å². The lowest BCUT2D eigenvalue weighted by Crippen LogP contribution is -2.43. The predicted molar refractivity (Wildman–Crippen MR) is 124 cm³/mol. The largest absolute Gasteiger partial charge is 0.290 e. The summed E-state index contributed by atoms with van der Waals surface area (Å²) in [7, 11) is 0. The van der Waals surface area contributed by atoms with E-state index < -0.39 is 11.8 Å². The van der Waals surface area contributed by atoms with Gasteiger partial charge in [0.1, 0.15) is 5.01 Å². The van der Waals surface area contributed by atoms with Gasteiger partial charge in [-0.3, -0.25) is 25.2 Å². The summed E-state index contributed by atoms with van der Waals surface area (Å²) >= 11 is 7.42. The summed E-state index contributed by atoms with van der Waals surface area (Å²) in [6, 6.07) is 14.0. The number of hydrogen-bond acceptors (Lipinski definition) is 6. The number of rotatable bonds is 5. The van der Waals surface area contributed by atoms with Gasteiger partial charge in [-0.15, -0.1) is 11.3 Å². The summed E-state index contributed by atoms with van der Waals surface area (Å²) < 4.78 is 1.21. The summed E-state index contributed by atoms with van der Waals surface area (Å²) in [6.07, 6.45) is -0.0139. The lowest BCUT2D eigenvalue weighted by Gasteiger charge is -2.10. The van der Waals surface area contributed by atoms with Gasteiger partial charge in [-0.05, 0) is 25.1 Å². The number of carbonyl (C=O) groups is 2. The molecule has 2 amide bonds. The molecule has 162 valence electrons.